The lowest BCUT2D eigenvalue weighted by molar-refractivity contribution is 0.660. The van der Waals surface area contributed by atoms with E-state index in [9.17, 15) is 0 Å². The minimum atomic E-state index is -0.0691. The van der Waals surface area contributed by atoms with Gasteiger partial charge in [-0.15, -0.1) is 0 Å². The highest BCUT2D eigenvalue weighted by Crippen LogP contribution is 2.50. The van der Waals surface area contributed by atoms with E-state index in [0.717, 1.165) is 55.1 Å². The van der Waals surface area contributed by atoms with Gasteiger partial charge in [-0.05, 0) is 74.2 Å². The number of nitrogens with zero attached hydrogens (tertiary/aromatic N) is 3. The van der Waals surface area contributed by atoms with E-state index in [2.05, 4.69) is 129 Å². The van der Waals surface area contributed by atoms with E-state index in [-0.39, 0.29) is 5.41 Å². The van der Waals surface area contributed by atoms with Gasteiger partial charge in [-0.3, -0.25) is 0 Å². The minimum Gasteiger partial charge on any atom is -0.455 e. The molecule has 10 aromatic rings. The maximum Gasteiger partial charge on any atom is 0.164 e. The van der Waals surface area contributed by atoms with Crippen LogP contribution in [0.2, 0.25) is 0 Å². The minimum absolute atomic E-state index is 0.0691. The molecule has 4 nitrogen and oxygen atoms in total. The molecule has 56 heavy (non-hydrogen) atoms. The van der Waals surface area contributed by atoms with Crippen molar-refractivity contribution in [2.75, 3.05) is 0 Å². The third-order valence-electron chi connectivity index (χ3n) is 11.5. The van der Waals surface area contributed by atoms with Gasteiger partial charge in [0.05, 0.1) is 0 Å². The highest BCUT2D eigenvalue weighted by atomic mass is 16.3. The van der Waals surface area contributed by atoms with Crippen LogP contribution < -0.4 is 0 Å². The van der Waals surface area contributed by atoms with Crippen molar-refractivity contribution in [3.05, 3.63) is 187 Å². The Bertz CT molecular complexity index is 3090. The molecule has 0 saturated carbocycles. The lowest BCUT2D eigenvalue weighted by Gasteiger charge is -2.22. The molecule has 1 aliphatic rings. The molecule has 0 radical (unpaired) electrons. The second kappa shape index (κ2) is 12.4. The summed E-state index contributed by atoms with van der Waals surface area (Å²) in [5.74, 6) is 1.93. The number of hydrogen-bond acceptors (Lipinski definition) is 4. The molecule has 0 N–H and O–H groups in total. The quantitative estimate of drug-likeness (QED) is 0.178. The van der Waals surface area contributed by atoms with Crippen molar-refractivity contribution in [3.63, 3.8) is 0 Å². The monoisotopic (exact) mass is 717 g/mol. The molecule has 0 aliphatic heterocycles. The Morgan fingerprint density at radius 2 is 0.893 bits per heavy atom. The number of fused-ring (bicyclic) bond motifs is 8. The molecule has 0 fully saturated rings. The molecule has 264 valence electrons. The van der Waals surface area contributed by atoms with Crippen molar-refractivity contribution in [2.45, 2.75) is 19.3 Å². The fraction of sp³-hybridized carbons (Fsp3) is 0.0577. The molecule has 0 saturated heterocycles. The molecule has 4 heteroatoms. The third kappa shape index (κ3) is 5.10. The second-order valence-electron chi connectivity index (χ2n) is 15.2. The molecule has 2 aromatic heterocycles. The van der Waals surface area contributed by atoms with Crippen molar-refractivity contribution < 1.29 is 4.42 Å². The first-order valence-corrected chi connectivity index (χ1v) is 19.1. The van der Waals surface area contributed by atoms with Crippen LogP contribution in [0.5, 0.6) is 0 Å². The summed E-state index contributed by atoms with van der Waals surface area (Å²) in [6.45, 7) is 4.68. The molecule has 1 aliphatic carbocycles. The summed E-state index contributed by atoms with van der Waals surface area (Å²) in [6.07, 6.45) is 0. The van der Waals surface area contributed by atoms with Gasteiger partial charge in [0.25, 0.3) is 0 Å². The number of hydrogen-bond donors (Lipinski definition) is 0. The summed E-state index contributed by atoms with van der Waals surface area (Å²) < 4.78 is 6.74. The van der Waals surface area contributed by atoms with E-state index < -0.39 is 0 Å². The summed E-state index contributed by atoms with van der Waals surface area (Å²) >= 11 is 0. The summed E-state index contributed by atoms with van der Waals surface area (Å²) in [4.78, 5) is 14.7. The van der Waals surface area contributed by atoms with Crippen LogP contribution in [-0.4, -0.2) is 15.0 Å². The van der Waals surface area contributed by atoms with Crippen molar-refractivity contribution in [1.82, 2.24) is 15.0 Å². The molecule has 0 amide bonds. The lowest BCUT2D eigenvalue weighted by atomic mass is 9.81. The summed E-state index contributed by atoms with van der Waals surface area (Å²) in [5.41, 5.74) is 14.6. The average molecular weight is 718 g/mol. The zero-order chi connectivity index (χ0) is 37.4. The van der Waals surface area contributed by atoms with Crippen molar-refractivity contribution in [2.24, 2.45) is 0 Å². The molecule has 0 spiro atoms. The van der Waals surface area contributed by atoms with Gasteiger partial charge in [0.2, 0.25) is 0 Å². The highest BCUT2D eigenvalue weighted by Gasteiger charge is 2.35. The van der Waals surface area contributed by atoms with Crippen LogP contribution in [0.3, 0.4) is 0 Å². The normalized spacial score (nSPS) is 13.0. The zero-order valence-corrected chi connectivity index (χ0v) is 31.0. The molecule has 0 unspecified atom stereocenters. The van der Waals surface area contributed by atoms with E-state index >= 15 is 0 Å². The first kappa shape index (κ1) is 32.3. The highest BCUT2D eigenvalue weighted by molar-refractivity contribution is 6.19. The lowest BCUT2D eigenvalue weighted by Crippen LogP contribution is -2.14. The summed E-state index contributed by atoms with van der Waals surface area (Å²) in [6, 6.07) is 61.9. The van der Waals surface area contributed by atoms with E-state index in [1.165, 1.54) is 38.8 Å². The van der Waals surface area contributed by atoms with Gasteiger partial charge in [-0.1, -0.05) is 166 Å². The first-order valence-electron chi connectivity index (χ1n) is 19.1. The average Bonchev–Trinajstić information content (AvgIpc) is 3.75. The SMILES string of the molecule is CC1(C)c2ccccc2-c2ccc(-c3cc4c5ccc(-c6ccc(-c7nc(-c8ccccc8)nc(-c8ccccc8)n7)cc6)cc5oc4c4ccccc34)cc21. The van der Waals surface area contributed by atoms with Gasteiger partial charge in [-0.2, -0.15) is 0 Å². The molecule has 8 aromatic carbocycles. The number of benzene rings is 8. The van der Waals surface area contributed by atoms with Crippen LogP contribution in [0.25, 0.3) is 100 Å². The van der Waals surface area contributed by atoms with Crippen LogP contribution in [-0.2, 0) is 5.41 Å². The van der Waals surface area contributed by atoms with Gasteiger partial charge >= 0.3 is 0 Å². The maximum absolute atomic E-state index is 6.74. The second-order valence-corrected chi connectivity index (χ2v) is 15.2. The van der Waals surface area contributed by atoms with Crippen molar-refractivity contribution in [3.8, 4) is 67.5 Å². The number of furan rings is 1. The fourth-order valence-electron chi connectivity index (χ4n) is 8.64. The van der Waals surface area contributed by atoms with Crippen LogP contribution in [0.4, 0.5) is 0 Å². The molecular weight excluding hydrogens is 683 g/mol. The first-order chi connectivity index (χ1) is 27.5. The standard InChI is InChI=1S/C52H35N3O/c1-52(2)45-20-12-11-18-39(45)40-27-26-37(29-46(40)52)43-31-44-41-28-25-36(30-47(41)56-48(44)42-19-10-9-17-38(42)43)32-21-23-35(24-22-32)51-54-49(33-13-5-3-6-14-33)53-50(55-51)34-15-7-4-8-16-34/h3-31H,1-2H3. The smallest absolute Gasteiger partial charge is 0.164 e. The Morgan fingerprint density at radius 3 is 1.59 bits per heavy atom. The predicted molar refractivity (Wildman–Crippen MR) is 229 cm³/mol. The number of aromatic nitrogens is 3. The van der Waals surface area contributed by atoms with Crippen LogP contribution in [0.1, 0.15) is 25.0 Å². The zero-order valence-electron chi connectivity index (χ0n) is 31.0. The Kier molecular flexibility index (Phi) is 7.17. The van der Waals surface area contributed by atoms with Gasteiger partial charge in [0, 0.05) is 38.3 Å². The Balaban J connectivity index is 0.982. The van der Waals surface area contributed by atoms with Crippen molar-refractivity contribution in [1.29, 1.82) is 0 Å². The molecular formula is C52H35N3O. The van der Waals surface area contributed by atoms with Crippen molar-refractivity contribution >= 4 is 32.7 Å². The largest absolute Gasteiger partial charge is 0.455 e. The van der Waals surface area contributed by atoms with Gasteiger partial charge in [0.1, 0.15) is 11.2 Å². The van der Waals surface area contributed by atoms with E-state index in [4.69, 9.17) is 19.4 Å². The van der Waals surface area contributed by atoms with E-state index in [1.807, 2.05) is 60.7 Å². The summed E-state index contributed by atoms with van der Waals surface area (Å²) in [7, 11) is 0. The van der Waals surface area contributed by atoms with Crippen LogP contribution in [0.15, 0.2) is 180 Å². The van der Waals surface area contributed by atoms with Gasteiger partial charge in [-0.25, -0.2) is 15.0 Å². The number of rotatable bonds is 5. The maximum atomic E-state index is 6.74. The van der Waals surface area contributed by atoms with Gasteiger partial charge in [0.15, 0.2) is 17.5 Å². The molecule has 0 bridgehead atoms. The molecule has 11 rings (SSSR count). The Labute approximate surface area is 324 Å². The Morgan fingerprint density at radius 1 is 0.357 bits per heavy atom. The van der Waals surface area contributed by atoms with Crippen LogP contribution in [0, 0.1) is 0 Å². The Hall–Kier alpha value is -7.17. The van der Waals surface area contributed by atoms with Gasteiger partial charge < -0.3 is 4.42 Å². The third-order valence-corrected chi connectivity index (χ3v) is 11.5. The molecule has 0 atom stereocenters. The van der Waals surface area contributed by atoms with E-state index in [1.54, 1.807) is 0 Å². The topological polar surface area (TPSA) is 51.8 Å². The van der Waals surface area contributed by atoms with E-state index in [0.29, 0.717) is 17.5 Å². The van der Waals surface area contributed by atoms with Crippen LogP contribution >= 0.6 is 0 Å². The summed E-state index contributed by atoms with van der Waals surface area (Å²) in [5, 5.41) is 4.53. The predicted octanol–water partition coefficient (Wildman–Crippen LogP) is 13.6. The molecule has 2 heterocycles. The fourth-order valence-corrected chi connectivity index (χ4v) is 8.64.